The summed E-state index contributed by atoms with van der Waals surface area (Å²) in [7, 11) is -1.91. The molecule has 0 saturated carbocycles. The third-order valence-corrected chi connectivity index (χ3v) is 5.09. The zero-order chi connectivity index (χ0) is 19.5. The van der Waals surface area contributed by atoms with Gasteiger partial charge in [0.05, 0.1) is 11.4 Å². The number of carbonyl (C=O) groups is 2. The molecule has 26 heavy (non-hydrogen) atoms. The normalized spacial score (nSPS) is 11.1. The van der Waals surface area contributed by atoms with E-state index < -0.39 is 15.7 Å². The van der Waals surface area contributed by atoms with E-state index in [-0.39, 0.29) is 22.9 Å². The van der Waals surface area contributed by atoms with Crippen LogP contribution < -0.4 is 5.32 Å². The average Bonchev–Trinajstić information content (AvgIpc) is 2.57. The molecule has 0 aliphatic heterocycles. The lowest BCUT2D eigenvalue weighted by Gasteiger charge is -2.18. The van der Waals surface area contributed by atoms with Gasteiger partial charge in [-0.1, -0.05) is 24.3 Å². The lowest BCUT2D eigenvalue weighted by molar-refractivity contribution is -0.116. The summed E-state index contributed by atoms with van der Waals surface area (Å²) >= 11 is 0. The number of benzene rings is 2. The Kier molecular flexibility index (Phi) is 5.82. The molecule has 0 heterocycles. The number of likely N-dealkylation sites (N-methyl/N-ethyl adjacent to an activating group) is 1. The first-order valence-electron chi connectivity index (χ1n) is 8.01. The van der Waals surface area contributed by atoms with Gasteiger partial charge in [0.2, 0.25) is 5.91 Å². The van der Waals surface area contributed by atoms with Gasteiger partial charge in [-0.2, -0.15) is 0 Å². The maximum Gasteiger partial charge on any atom is 0.254 e. The Hall–Kier alpha value is -2.67. The summed E-state index contributed by atoms with van der Waals surface area (Å²) in [6, 6.07) is 11.5. The van der Waals surface area contributed by atoms with Gasteiger partial charge in [0.1, 0.15) is 0 Å². The number of aryl methyl sites for hydroxylation is 2. The van der Waals surface area contributed by atoms with Crippen LogP contribution in [-0.2, 0) is 14.6 Å². The Morgan fingerprint density at radius 1 is 1.04 bits per heavy atom. The predicted octanol–water partition coefficient (Wildman–Crippen LogP) is 2.42. The lowest BCUT2D eigenvalue weighted by Crippen LogP contribution is -2.35. The highest BCUT2D eigenvalue weighted by Crippen LogP contribution is 2.19. The Balaban J connectivity index is 2.11. The molecule has 2 aromatic rings. The summed E-state index contributed by atoms with van der Waals surface area (Å²) in [5, 5.41) is 2.82. The number of anilines is 1. The van der Waals surface area contributed by atoms with Crippen LogP contribution in [0.3, 0.4) is 0 Å². The van der Waals surface area contributed by atoms with Crippen molar-refractivity contribution in [3.63, 3.8) is 0 Å². The van der Waals surface area contributed by atoms with Crippen LogP contribution in [0.25, 0.3) is 0 Å². The molecular formula is C19H22N2O4S. The fraction of sp³-hybridized carbons (Fsp3) is 0.263. The Morgan fingerprint density at radius 3 is 2.19 bits per heavy atom. The van der Waals surface area contributed by atoms with Crippen molar-refractivity contribution >= 4 is 27.3 Å². The standard InChI is InChI=1S/C19H22N2O4S/c1-13-7-5-8-14(2)18(13)20-17(22)12-21(3)19(23)15-9-6-10-16(11-15)26(4,24)25/h5-11H,12H2,1-4H3,(H,20,22). The molecule has 1 N–H and O–H groups in total. The molecule has 138 valence electrons. The van der Waals surface area contributed by atoms with E-state index in [0.717, 1.165) is 23.1 Å². The topological polar surface area (TPSA) is 83.6 Å². The molecule has 0 saturated heterocycles. The van der Waals surface area contributed by atoms with Crippen LogP contribution in [0.1, 0.15) is 21.5 Å². The fourth-order valence-electron chi connectivity index (χ4n) is 2.56. The van der Waals surface area contributed by atoms with Gasteiger partial charge in [-0.15, -0.1) is 0 Å². The second-order valence-corrected chi connectivity index (χ2v) is 8.29. The number of nitrogens with zero attached hydrogens (tertiary/aromatic N) is 1. The molecule has 0 spiro atoms. The molecule has 2 rings (SSSR count). The molecule has 0 aliphatic rings. The summed E-state index contributed by atoms with van der Waals surface area (Å²) < 4.78 is 23.3. The maximum atomic E-state index is 12.5. The first-order valence-corrected chi connectivity index (χ1v) is 9.90. The van der Waals surface area contributed by atoms with Gasteiger partial charge in [-0.05, 0) is 43.2 Å². The van der Waals surface area contributed by atoms with Crippen LogP contribution in [0.4, 0.5) is 5.69 Å². The highest BCUT2D eigenvalue weighted by molar-refractivity contribution is 7.90. The number of carbonyl (C=O) groups excluding carboxylic acids is 2. The fourth-order valence-corrected chi connectivity index (χ4v) is 3.22. The van der Waals surface area contributed by atoms with E-state index in [4.69, 9.17) is 0 Å². The van der Waals surface area contributed by atoms with Crippen LogP contribution in [0, 0.1) is 13.8 Å². The van der Waals surface area contributed by atoms with Crippen LogP contribution in [0.2, 0.25) is 0 Å². The summed E-state index contributed by atoms with van der Waals surface area (Å²) in [6.07, 6.45) is 1.08. The number of para-hydroxylation sites is 1. The van der Waals surface area contributed by atoms with Crippen molar-refractivity contribution < 1.29 is 18.0 Å². The Morgan fingerprint density at radius 2 is 1.62 bits per heavy atom. The molecule has 0 bridgehead atoms. The van der Waals surface area contributed by atoms with Crippen molar-refractivity contribution in [2.45, 2.75) is 18.7 Å². The molecule has 6 nitrogen and oxygen atoms in total. The number of rotatable bonds is 5. The molecule has 0 aliphatic carbocycles. The summed E-state index contributed by atoms with van der Waals surface area (Å²) in [4.78, 5) is 26.1. The monoisotopic (exact) mass is 374 g/mol. The van der Waals surface area contributed by atoms with Crippen LogP contribution in [0.15, 0.2) is 47.4 Å². The van der Waals surface area contributed by atoms with E-state index in [1.807, 2.05) is 32.0 Å². The molecular weight excluding hydrogens is 352 g/mol. The van der Waals surface area contributed by atoms with Gasteiger partial charge >= 0.3 is 0 Å². The molecule has 0 atom stereocenters. The van der Waals surface area contributed by atoms with Crippen molar-refractivity contribution in [2.75, 3.05) is 25.2 Å². The Labute approximate surface area is 153 Å². The molecule has 0 unspecified atom stereocenters. The van der Waals surface area contributed by atoms with Crippen LogP contribution in [0.5, 0.6) is 0 Å². The molecule has 0 radical (unpaired) electrons. The minimum Gasteiger partial charge on any atom is -0.332 e. The van der Waals surface area contributed by atoms with Crippen molar-refractivity contribution in [1.29, 1.82) is 0 Å². The quantitative estimate of drug-likeness (QED) is 0.871. The average molecular weight is 374 g/mol. The Bertz CT molecular complexity index is 932. The lowest BCUT2D eigenvalue weighted by atomic mass is 10.1. The summed E-state index contributed by atoms with van der Waals surface area (Å²) in [6.45, 7) is 3.65. The third kappa shape index (κ3) is 4.70. The van der Waals surface area contributed by atoms with E-state index in [0.29, 0.717) is 0 Å². The largest absolute Gasteiger partial charge is 0.332 e. The maximum absolute atomic E-state index is 12.5. The molecule has 0 fully saturated rings. The zero-order valence-electron chi connectivity index (χ0n) is 15.2. The first-order chi connectivity index (χ1) is 12.1. The van der Waals surface area contributed by atoms with Gasteiger partial charge in [-0.25, -0.2) is 8.42 Å². The molecule has 0 aromatic heterocycles. The number of hydrogen-bond acceptors (Lipinski definition) is 4. The minimum atomic E-state index is -3.41. The van der Waals surface area contributed by atoms with E-state index in [9.17, 15) is 18.0 Å². The van der Waals surface area contributed by atoms with Crippen molar-refractivity contribution in [2.24, 2.45) is 0 Å². The molecule has 2 aromatic carbocycles. The smallest absolute Gasteiger partial charge is 0.254 e. The second kappa shape index (κ2) is 7.70. The van der Waals surface area contributed by atoms with Crippen molar-refractivity contribution in [3.05, 3.63) is 59.2 Å². The zero-order valence-corrected chi connectivity index (χ0v) is 16.1. The summed E-state index contributed by atoms with van der Waals surface area (Å²) in [5.74, 6) is -0.746. The SMILES string of the molecule is Cc1cccc(C)c1NC(=O)CN(C)C(=O)c1cccc(S(C)(=O)=O)c1. The highest BCUT2D eigenvalue weighted by atomic mass is 32.2. The second-order valence-electron chi connectivity index (χ2n) is 6.28. The minimum absolute atomic E-state index is 0.0664. The highest BCUT2D eigenvalue weighted by Gasteiger charge is 2.18. The molecule has 7 heteroatoms. The van der Waals surface area contributed by atoms with E-state index in [2.05, 4.69) is 5.32 Å². The van der Waals surface area contributed by atoms with Crippen LogP contribution in [-0.4, -0.2) is 45.0 Å². The summed E-state index contributed by atoms with van der Waals surface area (Å²) in [5.41, 5.74) is 2.83. The van der Waals surface area contributed by atoms with Crippen molar-refractivity contribution in [3.8, 4) is 0 Å². The number of sulfone groups is 1. The van der Waals surface area contributed by atoms with E-state index in [1.54, 1.807) is 0 Å². The van der Waals surface area contributed by atoms with Gasteiger partial charge in [0, 0.05) is 24.6 Å². The van der Waals surface area contributed by atoms with Crippen LogP contribution >= 0.6 is 0 Å². The number of amides is 2. The van der Waals surface area contributed by atoms with Gasteiger partial charge in [0.15, 0.2) is 9.84 Å². The van der Waals surface area contributed by atoms with Gasteiger partial charge in [-0.3, -0.25) is 9.59 Å². The van der Waals surface area contributed by atoms with Gasteiger partial charge < -0.3 is 10.2 Å². The predicted molar refractivity (Wildman–Crippen MR) is 101 cm³/mol. The number of nitrogens with one attached hydrogen (secondary N) is 1. The number of hydrogen-bond donors (Lipinski definition) is 1. The van der Waals surface area contributed by atoms with E-state index >= 15 is 0 Å². The first kappa shape index (κ1) is 19.7. The molecule has 2 amide bonds. The third-order valence-electron chi connectivity index (χ3n) is 3.98. The van der Waals surface area contributed by atoms with Gasteiger partial charge in [0.25, 0.3) is 5.91 Å². The van der Waals surface area contributed by atoms with E-state index in [1.165, 1.54) is 36.2 Å². The van der Waals surface area contributed by atoms with Crippen molar-refractivity contribution in [1.82, 2.24) is 4.90 Å².